The molecule has 0 aliphatic carbocycles. The van der Waals surface area contributed by atoms with Crippen LogP contribution in [0.1, 0.15) is 25.0 Å². The number of nitrogens with zero attached hydrogens (tertiary/aromatic N) is 1. The van der Waals surface area contributed by atoms with Crippen LogP contribution in [0.3, 0.4) is 0 Å². The van der Waals surface area contributed by atoms with Crippen molar-refractivity contribution < 1.29 is 9.84 Å². The number of methoxy groups -OCH3 is 1. The molecule has 1 aliphatic heterocycles. The van der Waals surface area contributed by atoms with E-state index in [0.29, 0.717) is 5.92 Å². The third-order valence-electron chi connectivity index (χ3n) is 3.49. The molecule has 1 fully saturated rings. The van der Waals surface area contributed by atoms with Gasteiger partial charge in [-0.1, -0.05) is 22.0 Å². The van der Waals surface area contributed by atoms with E-state index < -0.39 is 6.10 Å². The summed E-state index contributed by atoms with van der Waals surface area (Å²) in [4.78, 5) is 2.38. The molecule has 0 radical (unpaired) electrons. The van der Waals surface area contributed by atoms with Crippen molar-refractivity contribution in [2.24, 2.45) is 5.92 Å². The van der Waals surface area contributed by atoms with Crippen molar-refractivity contribution in [3.63, 3.8) is 0 Å². The van der Waals surface area contributed by atoms with Crippen molar-refractivity contribution in [3.05, 3.63) is 28.2 Å². The van der Waals surface area contributed by atoms with Crippen molar-refractivity contribution in [2.75, 3.05) is 31.7 Å². The predicted octanol–water partition coefficient (Wildman–Crippen LogP) is 2.98. The largest absolute Gasteiger partial charge is 0.389 e. The second-order valence-electron chi connectivity index (χ2n) is 4.94. The summed E-state index contributed by atoms with van der Waals surface area (Å²) in [6, 6.07) is 6.17. The Labute approximate surface area is 117 Å². The number of hydrogen-bond acceptors (Lipinski definition) is 3. The van der Waals surface area contributed by atoms with Crippen LogP contribution in [0.4, 0.5) is 5.69 Å². The minimum atomic E-state index is -0.437. The lowest BCUT2D eigenvalue weighted by atomic mass is 10.1. The van der Waals surface area contributed by atoms with Crippen LogP contribution in [0.2, 0.25) is 0 Å². The monoisotopic (exact) mass is 313 g/mol. The molecule has 0 aromatic heterocycles. The number of ether oxygens (including phenoxy) is 1. The summed E-state index contributed by atoms with van der Waals surface area (Å²) in [5.74, 6) is 0.630. The van der Waals surface area contributed by atoms with Crippen LogP contribution in [0, 0.1) is 5.92 Å². The van der Waals surface area contributed by atoms with Crippen LogP contribution in [0.15, 0.2) is 22.7 Å². The van der Waals surface area contributed by atoms with Crippen LogP contribution in [-0.2, 0) is 4.74 Å². The molecule has 100 valence electrons. The highest BCUT2D eigenvalue weighted by atomic mass is 79.9. The first-order valence-electron chi connectivity index (χ1n) is 6.33. The number of aliphatic hydroxyl groups is 1. The fourth-order valence-corrected chi connectivity index (χ4v) is 3.19. The first-order chi connectivity index (χ1) is 8.61. The van der Waals surface area contributed by atoms with Gasteiger partial charge in [0.05, 0.1) is 12.7 Å². The quantitative estimate of drug-likeness (QED) is 0.927. The Balaban J connectivity index is 2.09. The van der Waals surface area contributed by atoms with Gasteiger partial charge in [0.1, 0.15) is 0 Å². The molecule has 0 saturated carbocycles. The first-order valence-corrected chi connectivity index (χ1v) is 7.12. The van der Waals surface area contributed by atoms with Crippen LogP contribution >= 0.6 is 15.9 Å². The Bertz CT molecular complexity index is 409. The first kappa shape index (κ1) is 13.8. The van der Waals surface area contributed by atoms with Gasteiger partial charge in [0.25, 0.3) is 0 Å². The maximum Gasteiger partial charge on any atom is 0.0772 e. The Morgan fingerprint density at radius 1 is 1.56 bits per heavy atom. The molecule has 2 atom stereocenters. The second-order valence-corrected chi connectivity index (χ2v) is 5.79. The van der Waals surface area contributed by atoms with Crippen LogP contribution in [-0.4, -0.2) is 31.9 Å². The average molecular weight is 314 g/mol. The van der Waals surface area contributed by atoms with E-state index >= 15 is 0 Å². The van der Waals surface area contributed by atoms with E-state index in [1.807, 2.05) is 6.07 Å². The SMILES string of the molecule is COCC1CCN(c2ccc(C(C)O)c(Br)c2)C1. The van der Waals surface area contributed by atoms with Crippen molar-refractivity contribution in [2.45, 2.75) is 19.4 Å². The fraction of sp³-hybridized carbons (Fsp3) is 0.571. The molecule has 3 nitrogen and oxygen atoms in total. The van der Waals surface area contributed by atoms with E-state index in [2.05, 4.69) is 33.0 Å². The van der Waals surface area contributed by atoms with Gasteiger partial charge in [-0.2, -0.15) is 0 Å². The molecule has 1 heterocycles. The fourth-order valence-electron chi connectivity index (χ4n) is 2.49. The third kappa shape index (κ3) is 3.05. The summed E-state index contributed by atoms with van der Waals surface area (Å²) in [7, 11) is 1.76. The van der Waals surface area contributed by atoms with E-state index in [-0.39, 0.29) is 0 Å². The third-order valence-corrected chi connectivity index (χ3v) is 4.17. The van der Waals surface area contributed by atoms with E-state index in [0.717, 1.165) is 29.7 Å². The molecular weight excluding hydrogens is 294 g/mol. The van der Waals surface area contributed by atoms with E-state index in [1.54, 1.807) is 14.0 Å². The van der Waals surface area contributed by atoms with E-state index in [1.165, 1.54) is 12.1 Å². The standard InChI is InChI=1S/C14H20BrNO2/c1-10(17)13-4-3-12(7-14(13)15)16-6-5-11(8-16)9-18-2/h3-4,7,10-11,17H,5-6,8-9H2,1-2H3. The molecule has 2 unspecified atom stereocenters. The molecule has 0 amide bonds. The summed E-state index contributed by atoms with van der Waals surface area (Å²) in [6.07, 6.45) is 0.747. The van der Waals surface area contributed by atoms with Crippen molar-refractivity contribution in [1.29, 1.82) is 0 Å². The second kappa shape index (κ2) is 6.04. The highest BCUT2D eigenvalue weighted by Gasteiger charge is 2.23. The maximum atomic E-state index is 9.61. The molecule has 1 aliphatic rings. The van der Waals surface area contributed by atoms with Gasteiger partial charge in [-0.15, -0.1) is 0 Å². The van der Waals surface area contributed by atoms with Gasteiger partial charge in [0, 0.05) is 36.3 Å². The number of anilines is 1. The van der Waals surface area contributed by atoms with Gasteiger partial charge in [0.15, 0.2) is 0 Å². The van der Waals surface area contributed by atoms with Crippen molar-refractivity contribution >= 4 is 21.6 Å². The zero-order valence-corrected chi connectivity index (χ0v) is 12.5. The molecule has 18 heavy (non-hydrogen) atoms. The van der Waals surface area contributed by atoms with E-state index in [9.17, 15) is 5.11 Å². The molecule has 1 N–H and O–H groups in total. The Kier molecular flexibility index (Phi) is 4.65. The number of rotatable bonds is 4. The van der Waals surface area contributed by atoms with Crippen molar-refractivity contribution in [1.82, 2.24) is 0 Å². The molecule has 1 aromatic rings. The van der Waals surface area contributed by atoms with Gasteiger partial charge in [-0.25, -0.2) is 0 Å². The summed E-state index contributed by atoms with van der Waals surface area (Å²) in [6.45, 7) is 4.75. The minimum absolute atomic E-state index is 0.437. The molecule has 2 rings (SSSR count). The van der Waals surface area contributed by atoms with E-state index in [4.69, 9.17) is 4.74 Å². The lowest BCUT2D eigenvalue weighted by Gasteiger charge is -2.20. The number of benzene rings is 1. The highest BCUT2D eigenvalue weighted by molar-refractivity contribution is 9.10. The molecule has 0 spiro atoms. The topological polar surface area (TPSA) is 32.7 Å². The lowest BCUT2D eigenvalue weighted by Crippen LogP contribution is -2.21. The lowest BCUT2D eigenvalue weighted by molar-refractivity contribution is 0.161. The van der Waals surface area contributed by atoms with Crippen molar-refractivity contribution in [3.8, 4) is 0 Å². The maximum absolute atomic E-state index is 9.61. The Morgan fingerprint density at radius 3 is 2.94 bits per heavy atom. The normalized spacial score (nSPS) is 21.3. The van der Waals surface area contributed by atoms with Gasteiger partial charge >= 0.3 is 0 Å². The Morgan fingerprint density at radius 2 is 2.33 bits per heavy atom. The minimum Gasteiger partial charge on any atom is -0.389 e. The van der Waals surface area contributed by atoms with Crippen LogP contribution in [0.5, 0.6) is 0 Å². The number of aliphatic hydroxyl groups excluding tert-OH is 1. The highest BCUT2D eigenvalue weighted by Crippen LogP contribution is 2.30. The molecule has 0 bridgehead atoms. The molecule has 4 heteroatoms. The molecule has 1 saturated heterocycles. The van der Waals surface area contributed by atoms with Gasteiger partial charge < -0.3 is 14.7 Å². The average Bonchev–Trinajstić information content (AvgIpc) is 2.77. The predicted molar refractivity (Wildman–Crippen MR) is 77.0 cm³/mol. The smallest absolute Gasteiger partial charge is 0.0772 e. The van der Waals surface area contributed by atoms with Gasteiger partial charge in [-0.3, -0.25) is 0 Å². The van der Waals surface area contributed by atoms with Crippen LogP contribution in [0.25, 0.3) is 0 Å². The summed E-state index contributed by atoms with van der Waals surface area (Å²) >= 11 is 3.53. The Hall–Kier alpha value is -0.580. The van der Waals surface area contributed by atoms with Gasteiger partial charge in [0.2, 0.25) is 0 Å². The summed E-state index contributed by atoms with van der Waals surface area (Å²) < 4.78 is 6.19. The van der Waals surface area contributed by atoms with Gasteiger partial charge in [-0.05, 0) is 31.0 Å². The number of hydrogen-bond donors (Lipinski definition) is 1. The number of halogens is 1. The summed E-state index contributed by atoms with van der Waals surface area (Å²) in [5, 5.41) is 9.61. The zero-order valence-electron chi connectivity index (χ0n) is 10.9. The molecule has 1 aromatic carbocycles. The summed E-state index contributed by atoms with van der Waals surface area (Å²) in [5.41, 5.74) is 2.15. The zero-order chi connectivity index (χ0) is 13.1. The molecular formula is C14H20BrNO2. The van der Waals surface area contributed by atoms with Crippen LogP contribution < -0.4 is 4.90 Å².